The molecule has 0 heterocycles. The smallest absolute Gasteiger partial charge is 0.325 e. The van der Waals surface area contributed by atoms with Gasteiger partial charge in [-0.1, -0.05) is 38.1 Å². The molecule has 106 valence electrons. The predicted octanol–water partition coefficient (Wildman–Crippen LogP) is 3.24. The number of carbonyl (C=O) groups excluding carboxylic acids is 1. The molecule has 0 aliphatic heterocycles. The molecule has 1 aromatic carbocycles. The third-order valence-corrected chi connectivity index (χ3v) is 3.17. The van der Waals surface area contributed by atoms with Gasteiger partial charge in [0.25, 0.3) is 0 Å². The summed E-state index contributed by atoms with van der Waals surface area (Å²) in [5, 5.41) is 3.23. The van der Waals surface area contributed by atoms with E-state index in [1.165, 1.54) is 11.1 Å². The molecule has 1 rings (SSSR count). The zero-order valence-corrected chi connectivity index (χ0v) is 12.6. The molecular formula is C16H25NO2. The molecule has 0 aromatic heterocycles. The van der Waals surface area contributed by atoms with E-state index in [0.29, 0.717) is 19.1 Å². The van der Waals surface area contributed by atoms with Gasteiger partial charge in [0.2, 0.25) is 0 Å². The summed E-state index contributed by atoms with van der Waals surface area (Å²) in [4.78, 5) is 11.7. The molecular weight excluding hydrogens is 238 g/mol. The molecule has 1 aromatic rings. The molecule has 1 N–H and O–H groups in total. The fourth-order valence-electron chi connectivity index (χ4n) is 1.73. The predicted molar refractivity (Wildman–Crippen MR) is 78.1 cm³/mol. The lowest BCUT2D eigenvalue weighted by molar-refractivity contribution is -0.149. The van der Waals surface area contributed by atoms with Gasteiger partial charge in [-0.15, -0.1) is 0 Å². The maximum absolute atomic E-state index is 11.7. The minimum atomic E-state index is -0.660. The van der Waals surface area contributed by atoms with E-state index in [2.05, 4.69) is 43.4 Å². The Morgan fingerprint density at radius 1 is 1.26 bits per heavy atom. The van der Waals surface area contributed by atoms with Crippen molar-refractivity contribution >= 4 is 5.97 Å². The van der Waals surface area contributed by atoms with Crippen LogP contribution in [0.15, 0.2) is 24.3 Å². The fourth-order valence-corrected chi connectivity index (χ4v) is 1.73. The van der Waals surface area contributed by atoms with Crippen molar-refractivity contribution in [1.82, 2.24) is 5.32 Å². The van der Waals surface area contributed by atoms with Gasteiger partial charge in [0.05, 0.1) is 6.61 Å². The first kappa shape index (κ1) is 15.7. The van der Waals surface area contributed by atoms with Crippen LogP contribution in [0.3, 0.4) is 0 Å². The van der Waals surface area contributed by atoms with Crippen LogP contribution in [-0.2, 0) is 16.1 Å². The maximum atomic E-state index is 11.7. The van der Waals surface area contributed by atoms with E-state index in [9.17, 15) is 4.79 Å². The van der Waals surface area contributed by atoms with Crippen molar-refractivity contribution in [2.45, 2.75) is 52.6 Å². The fraction of sp³-hybridized carbons (Fsp3) is 0.562. The molecule has 19 heavy (non-hydrogen) atoms. The largest absolute Gasteiger partial charge is 0.465 e. The van der Waals surface area contributed by atoms with Gasteiger partial charge in [-0.3, -0.25) is 10.1 Å². The van der Waals surface area contributed by atoms with Crippen LogP contribution < -0.4 is 5.32 Å². The first-order chi connectivity index (χ1) is 8.86. The summed E-state index contributed by atoms with van der Waals surface area (Å²) in [6.07, 6.45) is 0. The third-order valence-electron chi connectivity index (χ3n) is 3.17. The summed E-state index contributed by atoms with van der Waals surface area (Å²) in [5.74, 6) is 0.326. The molecule has 0 aliphatic carbocycles. The minimum absolute atomic E-state index is 0.214. The quantitative estimate of drug-likeness (QED) is 0.801. The van der Waals surface area contributed by atoms with Gasteiger partial charge in [0.1, 0.15) is 5.54 Å². The van der Waals surface area contributed by atoms with E-state index in [4.69, 9.17) is 4.74 Å². The highest BCUT2D eigenvalue weighted by Crippen LogP contribution is 2.15. The van der Waals surface area contributed by atoms with E-state index >= 15 is 0 Å². The van der Waals surface area contributed by atoms with Gasteiger partial charge in [0, 0.05) is 6.54 Å². The van der Waals surface area contributed by atoms with Crippen molar-refractivity contribution in [1.29, 1.82) is 0 Å². The van der Waals surface area contributed by atoms with Crippen LogP contribution in [0.1, 0.15) is 51.7 Å². The van der Waals surface area contributed by atoms with Crippen LogP contribution in [0.25, 0.3) is 0 Å². The van der Waals surface area contributed by atoms with E-state index in [1.807, 2.05) is 20.8 Å². The van der Waals surface area contributed by atoms with Crippen LogP contribution in [0.4, 0.5) is 0 Å². The summed E-state index contributed by atoms with van der Waals surface area (Å²) < 4.78 is 5.04. The van der Waals surface area contributed by atoms with E-state index in [-0.39, 0.29) is 5.97 Å². The van der Waals surface area contributed by atoms with Crippen molar-refractivity contribution in [3.8, 4) is 0 Å². The molecule has 0 saturated carbocycles. The number of rotatable bonds is 6. The molecule has 0 radical (unpaired) electrons. The number of benzene rings is 1. The lowest BCUT2D eigenvalue weighted by Gasteiger charge is -2.24. The summed E-state index contributed by atoms with van der Waals surface area (Å²) >= 11 is 0. The lowest BCUT2D eigenvalue weighted by Crippen LogP contribution is -2.47. The molecule has 0 unspecified atom stereocenters. The van der Waals surface area contributed by atoms with Crippen molar-refractivity contribution in [2.24, 2.45) is 0 Å². The van der Waals surface area contributed by atoms with Crippen LogP contribution in [0.2, 0.25) is 0 Å². The van der Waals surface area contributed by atoms with Crippen LogP contribution in [0, 0.1) is 0 Å². The monoisotopic (exact) mass is 263 g/mol. The number of ether oxygens (including phenoxy) is 1. The Morgan fingerprint density at radius 2 is 1.84 bits per heavy atom. The molecule has 0 amide bonds. The zero-order chi connectivity index (χ0) is 14.5. The average Bonchev–Trinajstić information content (AvgIpc) is 2.37. The molecule has 3 nitrogen and oxygen atoms in total. The highest BCUT2D eigenvalue weighted by atomic mass is 16.5. The van der Waals surface area contributed by atoms with Crippen molar-refractivity contribution in [3.05, 3.63) is 35.4 Å². The van der Waals surface area contributed by atoms with Gasteiger partial charge in [-0.05, 0) is 37.8 Å². The third kappa shape index (κ3) is 4.67. The van der Waals surface area contributed by atoms with Gasteiger partial charge in [-0.25, -0.2) is 0 Å². The van der Waals surface area contributed by atoms with E-state index in [0.717, 1.165) is 0 Å². The number of esters is 1. The minimum Gasteiger partial charge on any atom is -0.465 e. The van der Waals surface area contributed by atoms with Crippen molar-refractivity contribution < 1.29 is 9.53 Å². The Labute approximate surface area is 116 Å². The Hall–Kier alpha value is -1.35. The zero-order valence-electron chi connectivity index (χ0n) is 12.6. The molecule has 3 heteroatoms. The number of hydrogen-bond acceptors (Lipinski definition) is 3. The summed E-state index contributed by atoms with van der Waals surface area (Å²) in [6, 6.07) is 8.48. The van der Waals surface area contributed by atoms with Crippen molar-refractivity contribution in [3.63, 3.8) is 0 Å². The highest BCUT2D eigenvalue weighted by molar-refractivity contribution is 5.79. The second-order valence-corrected chi connectivity index (χ2v) is 5.60. The highest BCUT2D eigenvalue weighted by Gasteiger charge is 2.28. The second kappa shape index (κ2) is 6.71. The standard InChI is InChI=1S/C16H25NO2/c1-6-19-15(18)16(4,5)17-11-13-7-9-14(10-8-13)12(2)3/h7-10,12,17H,6,11H2,1-5H3. The van der Waals surface area contributed by atoms with Crippen LogP contribution in [0.5, 0.6) is 0 Å². The molecule has 0 spiro atoms. The first-order valence-electron chi connectivity index (χ1n) is 6.88. The van der Waals surface area contributed by atoms with E-state index in [1.54, 1.807) is 0 Å². The van der Waals surface area contributed by atoms with Gasteiger partial charge in [-0.2, -0.15) is 0 Å². The number of hydrogen-bond donors (Lipinski definition) is 1. The Morgan fingerprint density at radius 3 is 2.32 bits per heavy atom. The number of nitrogens with one attached hydrogen (secondary N) is 1. The second-order valence-electron chi connectivity index (χ2n) is 5.60. The van der Waals surface area contributed by atoms with Crippen LogP contribution in [-0.4, -0.2) is 18.1 Å². The molecule has 0 aliphatic rings. The first-order valence-corrected chi connectivity index (χ1v) is 6.88. The normalized spacial score (nSPS) is 11.7. The van der Waals surface area contributed by atoms with Crippen molar-refractivity contribution in [2.75, 3.05) is 6.61 Å². The lowest BCUT2D eigenvalue weighted by atomic mass is 10.0. The van der Waals surface area contributed by atoms with E-state index < -0.39 is 5.54 Å². The maximum Gasteiger partial charge on any atom is 0.325 e. The Kier molecular flexibility index (Phi) is 5.55. The van der Waals surface area contributed by atoms with Gasteiger partial charge in [0.15, 0.2) is 0 Å². The van der Waals surface area contributed by atoms with Gasteiger partial charge < -0.3 is 4.74 Å². The topological polar surface area (TPSA) is 38.3 Å². The molecule has 0 saturated heterocycles. The van der Waals surface area contributed by atoms with Gasteiger partial charge >= 0.3 is 5.97 Å². The average molecular weight is 263 g/mol. The SMILES string of the molecule is CCOC(=O)C(C)(C)NCc1ccc(C(C)C)cc1. The molecule has 0 bridgehead atoms. The Balaban J connectivity index is 2.58. The summed E-state index contributed by atoms with van der Waals surface area (Å²) in [6.45, 7) is 10.9. The molecule has 0 fully saturated rings. The Bertz CT molecular complexity index is 407. The summed E-state index contributed by atoms with van der Waals surface area (Å²) in [7, 11) is 0. The summed E-state index contributed by atoms with van der Waals surface area (Å²) in [5.41, 5.74) is 1.84. The number of carbonyl (C=O) groups is 1. The molecule has 0 atom stereocenters. The van der Waals surface area contributed by atoms with Crippen LogP contribution >= 0.6 is 0 Å².